The van der Waals surface area contributed by atoms with Crippen LogP contribution < -0.4 is 14.8 Å². The minimum Gasteiger partial charge on any atom is -0.454 e. The van der Waals surface area contributed by atoms with Crippen molar-refractivity contribution >= 4 is 5.91 Å². The van der Waals surface area contributed by atoms with Crippen LogP contribution in [0.4, 0.5) is 0 Å². The first-order valence-corrected chi connectivity index (χ1v) is 7.21. The van der Waals surface area contributed by atoms with Gasteiger partial charge in [-0.15, -0.1) is 6.42 Å². The summed E-state index contributed by atoms with van der Waals surface area (Å²) >= 11 is 0. The quantitative estimate of drug-likeness (QED) is 0.878. The third kappa shape index (κ3) is 2.86. The number of carbonyl (C=O) groups excluding carboxylic acids is 1. The Morgan fingerprint density at radius 2 is 2.17 bits per heavy atom. The van der Waals surface area contributed by atoms with Gasteiger partial charge in [-0.1, -0.05) is 18.0 Å². The molecule has 1 aliphatic rings. The van der Waals surface area contributed by atoms with Crippen molar-refractivity contribution in [2.75, 3.05) is 6.79 Å². The first kappa shape index (κ1) is 15.0. The number of carbonyl (C=O) groups is 1. The van der Waals surface area contributed by atoms with E-state index in [1.54, 1.807) is 25.1 Å². The predicted octanol–water partition coefficient (Wildman–Crippen LogP) is 2.60. The molecule has 23 heavy (non-hydrogen) atoms. The van der Waals surface area contributed by atoms with Crippen LogP contribution in [0, 0.1) is 12.3 Å². The van der Waals surface area contributed by atoms with Gasteiger partial charge >= 0.3 is 0 Å². The summed E-state index contributed by atoms with van der Waals surface area (Å²) in [6, 6.07) is 6.95. The van der Waals surface area contributed by atoms with Crippen molar-refractivity contribution in [2.45, 2.75) is 25.8 Å². The van der Waals surface area contributed by atoms with Gasteiger partial charge in [0.1, 0.15) is 0 Å². The van der Waals surface area contributed by atoms with Gasteiger partial charge in [-0.3, -0.25) is 4.79 Å². The van der Waals surface area contributed by atoms with Gasteiger partial charge < -0.3 is 19.3 Å². The fourth-order valence-electron chi connectivity index (χ4n) is 2.11. The molecule has 1 atom stereocenters. The third-order valence-electron chi connectivity index (χ3n) is 3.81. The number of fused-ring (bicyclic) bond motifs is 1. The molecular weight excluding hydrogens is 296 g/mol. The molecule has 0 radical (unpaired) electrons. The van der Waals surface area contributed by atoms with Crippen LogP contribution >= 0.6 is 0 Å². The van der Waals surface area contributed by atoms with Crippen LogP contribution in [0.5, 0.6) is 11.5 Å². The number of hydrogen-bond donors (Lipinski definition) is 1. The van der Waals surface area contributed by atoms with Gasteiger partial charge in [-0.2, -0.15) is 0 Å². The van der Waals surface area contributed by atoms with Crippen LogP contribution in [-0.4, -0.2) is 23.4 Å². The fraction of sp³-hybridized carbons (Fsp3) is 0.294. The fourth-order valence-corrected chi connectivity index (χ4v) is 2.11. The molecule has 1 aromatic heterocycles. The van der Waals surface area contributed by atoms with Crippen molar-refractivity contribution in [2.24, 2.45) is 0 Å². The lowest BCUT2D eigenvalue weighted by atomic mass is 10.00. The number of rotatable bonds is 4. The topological polar surface area (TPSA) is 73.6 Å². The lowest BCUT2D eigenvalue weighted by molar-refractivity contribution is 0.0914. The van der Waals surface area contributed by atoms with E-state index in [1.807, 2.05) is 13.0 Å². The molecule has 118 valence electrons. The molecule has 0 aliphatic carbocycles. The van der Waals surface area contributed by atoms with Crippen molar-refractivity contribution in [1.82, 2.24) is 10.5 Å². The molecule has 0 saturated heterocycles. The van der Waals surface area contributed by atoms with Crippen molar-refractivity contribution in [3.63, 3.8) is 0 Å². The van der Waals surface area contributed by atoms with Gasteiger partial charge in [-0.05, 0) is 31.5 Å². The maximum atomic E-state index is 12.2. The zero-order valence-electron chi connectivity index (χ0n) is 12.9. The Bertz CT molecular complexity index is 790. The molecule has 0 saturated carbocycles. The Hall–Kier alpha value is -2.94. The molecule has 1 N–H and O–H groups in total. The Labute approximate surface area is 133 Å². The van der Waals surface area contributed by atoms with E-state index in [0.717, 1.165) is 5.56 Å². The Balaban J connectivity index is 1.81. The van der Waals surface area contributed by atoms with E-state index in [0.29, 0.717) is 23.7 Å². The number of hydrogen-bond acceptors (Lipinski definition) is 5. The Morgan fingerprint density at radius 1 is 1.39 bits per heavy atom. The second kappa shape index (κ2) is 5.69. The normalized spacial score (nSPS) is 14.8. The zero-order valence-corrected chi connectivity index (χ0v) is 12.9. The van der Waals surface area contributed by atoms with E-state index in [4.69, 9.17) is 20.4 Å². The molecule has 6 nitrogen and oxygen atoms in total. The highest BCUT2D eigenvalue weighted by molar-refractivity contribution is 5.93. The largest absolute Gasteiger partial charge is 0.454 e. The van der Waals surface area contributed by atoms with Gasteiger partial charge in [0.2, 0.25) is 6.79 Å². The highest BCUT2D eigenvalue weighted by Gasteiger charge is 2.24. The van der Waals surface area contributed by atoms with E-state index >= 15 is 0 Å². The van der Waals surface area contributed by atoms with Crippen molar-refractivity contribution in [1.29, 1.82) is 0 Å². The molecule has 2 aromatic rings. The molecule has 0 spiro atoms. The molecule has 0 bridgehead atoms. The summed E-state index contributed by atoms with van der Waals surface area (Å²) in [5, 5.41) is 6.58. The summed E-state index contributed by atoms with van der Waals surface area (Å²) in [4.78, 5) is 12.2. The van der Waals surface area contributed by atoms with Crippen molar-refractivity contribution in [3.05, 3.63) is 30.0 Å². The number of terminal acetylenes is 1. The summed E-state index contributed by atoms with van der Waals surface area (Å²) in [5.41, 5.74) is 0.207. The standard InChI is InChI=1S/C17H16N2O4/c1-4-17(3,5-2)18-16(20)12-9-14(23-19-12)11-6-7-13-15(8-11)22-10-21-13/h1,6-9H,5,10H2,2-3H3,(H,18,20)/t17-/m1/s1. The van der Waals surface area contributed by atoms with E-state index in [2.05, 4.69) is 16.4 Å². The van der Waals surface area contributed by atoms with Gasteiger partial charge in [0.15, 0.2) is 23.0 Å². The summed E-state index contributed by atoms with van der Waals surface area (Å²) in [7, 11) is 0. The highest BCUT2D eigenvalue weighted by Crippen LogP contribution is 2.36. The zero-order chi connectivity index (χ0) is 16.4. The third-order valence-corrected chi connectivity index (χ3v) is 3.81. The minimum absolute atomic E-state index is 0.174. The number of aromatic nitrogens is 1. The van der Waals surface area contributed by atoms with E-state index in [-0.39, 0.29) is 18.4 Å². The lowest BCUT2D eigenvalue weighted by Crippen LogP contribution is -2.44. The van der Waals surface area contributed by atoms with Gasteiger partial charge in [0.05, 0.1) is 5.54 Å². The number of nitrogens with zero attached hydrogens (tertiary/aromatic N) is 1. The van der Waals surface area contributed by atoms with Crippen LogP contribution in [0.3, 0.4) is 0 Å². The van der Waals surface area contributed by atoms with E-state index < -0.39 is 5.54 Å². The van der Waals surface area contributed by atoms with E-state index in [1.165, 1.54) is 0 Å². The average Bonchev–Trinajstić information content (AvgIpc) is 3.22. The first-order valence-electron chi connectivity index (χ1n) is 7.21. The Kier molecular flexibility index (Phi) is 3.70. The molecule has 1 amide bonds. The number of amides is 1. The summed E-state index contributed by atoms with van der Waals surface area (Å²) in [6.07, 6.45) is 6.07. The van der Waals surface area contributed by atoms with Gasteiger partial charge in [0, 0.05) is 11.6 Å². The SMILES string of the molecule is C#C[C@](C)(CC)NC(=O)c1cc(-c2ccc3c(c2)OCO3)on1. The summed E-state index contributed by atoms with van der Waals surface area (Å²) < 4.78 is 15.8. The van der Waals surface area contributed by atoms with Crippen LogP contribution in [0.15, 0.2) is 28.8 Å². The summed E-state index contributed by atoms with van der Waals surface area (Å²) in [6.45, 7) is 3.88. The maximum absolute atomic E-state index is 12.2. The lowest BCUT2D eigenvalue weighted by Gasteiger charge is -2.22. The molecule has 0 fully saturated rings. The van der Waals surface area contributed by atoms with Crippen LogP contribution in [0.25, 0.3) is 11.3 Å². The van der Waals surface area contributed by atoms with Crippen LogP contribution in [0.2, 0.25) is 0 Å². The summed E-state index contributed by atoms with van der Waals surface area (Å²) in [5.74, 6) is 3.98. The average molecular weight is 312 g/mol. The minimum atomic E-state index is -0.713. The molecule has 3 rings (SSSR count). The van der Waals surface area contributed by atoms with Crippen molar-refractivity contribution < 1.29 is 18.8 Å². The molecular formula is C17H16N2O4. The van der Waals surface area contributed by atoms with Gasteiger partial charge in [0.25, 0.3) is 5.91 Å². The molecule has 2 heterocycles. The smallest absolute Gasteiger partial charge is 0.274 e. The number of nitrogens with one attached hydrogen (secondary N) is 1. The molecule has 1 aromatic carbocycles. The van der Waals surface area contributed by atoms with E-state index in [9.17, 15) is 4.79 Å². The first-order chi connectivity index (χ1) is 11.0. The maximum Gasteiger partial charge on any atom is 0.274 e. The second-order valence-electron chi connectivity index (χ2n) is 5.43. The monoisotopic (exact) mass is 312 g/mol. The van der Waals surface area contributed by atoms with Crippen molar-refractivity contribution in [3.8, 4) is 35.2 Å². The highest BCUT2D eigenvalue weighted by atomic mass is 16.7. The molecule has 1 aliphatic heterocycles. The number of ether oxygens (including phenoxy) is 2. The van der Waals surface area contributed by atoms with Crippen LogP contribution in [0.1, 0.15) is 30.8 Å². The van der Waals surface area contributed by atoms with Crippen LogP contribution in [-0.2, 0) is 0 Å². The Morgan fingerprint density at radius 3 is 2.91 bits per heavy atom. The number of benzene rings is 1. The predicted molar refractivity (Wildman–Crippen MR) is 83.1 cm³/mol. The molecule has 6 heteroatoms. The second-order valence-corrected chi connectivity index (χ2v) is 5.43. The van der Waals surface area contributed by atoms with Gasteiger partial charge in [-0.25, -0.2) is 0 Å². The molecule has 0 unspecified atom stereocenters.